The van der Waals surface area contributed by atoms with Gasteiger partial charge in [0.25, 0.3) is 0 Å². The van der Waals surface area contributed by atoms with Crippen molar-refractivity contribution in [2.75, 3.05) is 19.8 Å². The van der Waals surface area contributed by atoms with Gasteiger partial charge in [0.05, 0.1) is 13.2 Å². The fraction of sp³-hybridized carbons (Fsp3) is 0.517. The van der Waals surface area contributed by atoms with Crippen LogP contribution in [0.2, 0.25) is 0 Å². The van der Waals surface area contributed by atoms with Crippen LogP contribution in [0, 0.1) is 23.7 Å². The van der Waals surface area contributed by atoms with Crippen LogP contribution in [0.15, 0.2) is 42.5 Å². The predicted molar refractivity (Wildman–Crippen MR) is 130 cm³/mol. The summed E-state index contributed by atoms with van der Waals surface area (Å²) in [4.78, 5) is 0. The summed E-state index contributed by atoms with van der Waals surface area (Å²) in [5.41, 5.74) is 3.43. The standard InChI is InChI=1S/C29H34O5/c1-18-16-31-28(3)23(18)14-22-26(33-28)15-25(30-12-8-11-20-9-6-5-7-10-20)21-13-24-19(2)17-32-29(24,4)34-27(21)22/h5-11,15,18-19,23-24H,12-14,16-17H2,1-4H3/b11-8+/t18-,19-,23+,24+,28+,29+/m0/s1. The highest BCUT2D eigenvalue weighted by Gasteiger charge is 2.54. The normalized spacial score (nSPS) is 35.6. The van der Waals surface area contributed by atoms with Crippen LogP contribution in [0.3, 0.4) is 0 Å². The summed E-state index contributed by atoms with van der Waals surface area (Å²) in [7, 11) is 0. The minimum absolute atomic E-state index is 0.294. The van der Waals surface area contributed by atoms with Gasteiger partial charge in [-0.2, -0.15) is 0 Å². The fourth-order valence-corrected chi connectivity index (χ4v) is 6.23. The van der Waals surface area contributed by atoms with Crippen LogP contribution in [0.5, 0.6) is 17.2 Å². The maximum Gasteiger partial charge on any atom is 0.211 e. The smallest absolute Gasteiger partial charge is 0.211 e. The lowest BCUT2D eigenvalue weighted by atomic mass is 9.78. The third kappa shape index (κ3) is 3.52. The minimum atomic E-state index is -0.607. The highest BCUT2D eigenvalue weighted by atomic mass is 16.7. The molecule has 0 aromatic heterocycles. The molecule has 0 unspecified atom stereocenters. The van der Waals surface area contributed by atoms with E-state index in [1.807, 2.05) is 18.2 Å². The first kappa shape index (κ1) is 22.0. The topological polar surface area (TPSA) is 46.2 Å². The van der Waals surface area contributed by atoms with E-state index in [1.165, 1.54) is 0 Å². The SMILES string of the molecule is C[C@H]1CO[C@]2(C)Oc3cc(OC/C=C/c4ccccc4)c4c(c3C[C@H]12)O[C@@]1(C)OC[C@H](C)[C@H]1C4. The molecule has 6 atom stereocenters. The van der Waals surface area contributed by atoms with Crippen molar-refractivity contribution in [3.05, 3.63) is 59.2 Å². The summed E-state index contributed by atoms with van der Waals surface area (Å²) >= 11 is 0. The van der Waals surface area contributed by atoms with Gasteiger partial charge in [-0.1, -0.05) is 50.3 Å². The monoisotopic (exact) mass is 462 g/mol. The molecule has 0 aliphatic carbocycles. The largest absolute Gasteiger partial charge is 0.489 e. The van der Waals surface area contributed by atoms with Gasteiger partial charge in [0, 0.05) is 42.9 Å². The Morgan fingerprint density at radius 2 is 1.56 bits per heavy atom. The molecule has 0 saturated carbocycles. The van der Waals surface area contributed by atoms with Gasteiger partial charge in [-0.05, 0) is 36.3 Å². The maximum atomic E-state index is 6.70. The second-order valence-corrected chi connectivity index (χ2v) is 10.7. The summed E-state index contributed by atoms with van der Waals surface area (Å²) < 4.78 is 31.9. The minimum Gasteiger partial charge on any atom is -0.489 e. The Hall–Kier alpha value is -2.50. The molecule has 5 heteroatoms. The lowest BCUT2D eigenvalue weighted by Crippen LogP contribution is -2.46. The van der Waals surface area contributed by atoms with Gasteiger partial charge >= 0.3 is 0 Å². The first-order chi connectivity index (χ1) is 16.4. The van der Waals surface area contributed by atoms with Crippen molar-refractivity contribution in [2.45, 2.75) is 52.1 Å². The number of hydrogen-bond acceptors (Lipinski definition) is 5. The molecule has 4 aliphatic heterocycles. The predicted octanol–water partition coefficient (Wildman–Crippen LogP) is 5.65. The Morgan fingerprint density at radius 3 is 2.26 bits per heavy atom. The average Bonchev–Trinajstić information content (AvgIpc) is 3.29. The molecule has 0 radical (unpaired) electrons. The molecule has 0 bridgehead atoms. The molecular weight excluding hydrogens is 428 g/mol. The van der Waals surface area contributed by atoms with Crippen molar-refractivity contribution in [3.8, 4) is 17.2 Å². The average molecular weight is 463 g/mol. The quantitative estimate of drug-likeness (QED) is 0.588. The zero-order chi connectivity index (χ0) is 23.5. The molecule has 180 valence electrons. The van der Waals surface area contributed by atoms with Crippen LogP contribution in [-0.2, 0) is 22.3 Å². The molecule has 6 rings (SSSR count). The van der Waals surface area contributed by atoms with E-state index in [0.717, 1.165) is 53.4 Å². The van der Waals surface area contributed by atoms with E-state index < -0.39 is 11.6 Å². The second kappa shape index (κ2) is 8.03. The maximum absolute atomic E-state index is 6.70. The summed E-state index contributed by atoms with van der Waals surface area (Å²) in [5.74, 6) is 2.78. The summed E-state index contributed by atoms with van der Waals surface area (Å²) in [6.07, 6.45) is 5.89. The Labute approximate surface area is 202 Å². The Bertz CT molecular complexity index is 1110. The number of hydrogen-bond donors (Lipinski definition) is 0. The number of benzene rings is 2. The zero-order valence-corrected chi connectivity index (χ0v) is 20.5. The molecule has 2 aromatic rings. The third-order valence-corrected chi connectivity index (χ3v) is 8.30. The van der Waals surface area contributed by atoms with E-state index in [4.69, 9.17) is 23.7 Å². The van der Waals surface area contributed by atoms with Gasteiger partial charge in [0.1, 0.15) is 23.9 Å². The van der Waals surface area contributed by atoms with Crippen molar-refractivity contribution in [2.24, 2.45) is 23.7 Å². The lowest BCUT2D eigenvalue weighted by Gasteiger charge is -2.43. The van der Waals surface area contributed by atoms with E-state index in [2.05, 4.69) is 58.0 Å². The lowest BCUT2D eigenvalue weighted by molar-refractivity contribution is -0.174. The first-order valence-corrected chi connectivity index (χ1v) is 12.6. The van der Waals surface area contributed by atoms with E-state index in [0.29, 0.717) is 36.9 Å². The van der Waals surface area contributed by atoms with Gasteiger partial charge in [0.2, 0.25) is 11.6 Å². The van der Waals surface area contributed by atoms with Crippen molar-refractivity contribution >= 4 is 6.08 Å². The van der Waals surface area contributed by atoms with Crippen LogP contribution >= 0.6 is 0 Å². The molecule has 4 aliphatic rings. The van der Waals surface area contributed by atoms with Gasteiger partial charge < -0.3 is 23.7 Å². The van der Waals surface area contributed by atoms with Crippen molar-refractivity contribution in [1.82, 2.24) is 0 Å². The van der Waals surface area contributed by atoms with Crippen LogP contribution in [-0.4, -0.2) is 31.4 Å². The molecule has 4 heterocycles. The summed E-state index contributed by atoms with van der Waals surface area (Å²) in [6, 6.07) is 12.3. The number of ether oxygens (including phenoxy) is 5. The first-order valence-electron chi connectivity index (χ1n) is 12.6. The summed E-state index contributed by atoms with van der Waals surface area (Å²) in [5, 5.41) is 0. The molecule has 0 N–H and O–H groups in total. The molecule has 2 saturated heterocycles. The van der Waals surface area contributed by atoms with Crippen LogP contribution in [0.1, 0.15) is 44.4 Å². The van der Waals surface area contributed by atoms with Crippen LogP contribution < -0.4 is 14.2 Å². The third-order valence-electron chi connectivity index (χ3n) is 8.30. The molecule has 5 nitrogen and oxygen atoms in total. The number of fused-ring (bicyclic) bond motifs is 5. The van der Waals surface area contributed by atoms with E-state index in [9.17, 15) is 0 Å². The second-order valence-electron chi connectivity index (χ2n) is 10.7. The van der Waals surface area contributed by atoms with E-state index in [-0.39, 0.29) is 0 Å². The molecule has 0 spiro atoms. The fourth-order valence-electron chi connectivity index (χ4n) is 6.23. The van der Waals surface area contributed by atoms with Crippen LogP contribution in [0.4, 0.5) is 0 Å². The van der Waals surface area contributed by atoms with Crippen molar-refractivity contribution in [3.63, 3.8) is 0 Å². The molecular formula is C29H34O5. The van der Waals surface area contributed by atoms with Crippen molar-refractivity contribution < 1.29 is 23.7 Å². The summed E-state index contributed by atoms with van der Waals surface area (Å²) in [6.45, 7) is 10.5. The highest BCUT2D eigenvalue weighted by molar-refractivity contribution is 5.60. The van der Waals surface area contributed by atoms with Gasteiger partial charge in [-0.25, -0.2) is 0 Å². The number of rotatable bonds is 4. The van der Waals surface area contributed by atoms with Crippen LogP contribution in [0.25, 0.3) is 6.08 Å². The molecule has 0 amide bonds. The van der Waals surface area contributed by atoms with Crippen molar-refractivity contribution in [1.29, 1.82) is 0 Å². The van der Waals surface area contributed by atoms with E-state index >= 15 is 0 Å². The Morgan fingerprint density at radius 1 is 0.912 bits per heavy atom. The highest BCUT2D eigenvalue weighted by Crippen LogP contribution is 2.55. The molecule has 2 fully saturated rings. The van der Waals surface area contributed by atoms with Gasteiger partial charge in [0.15, 0.2) is 0 Å². The van der Waals surface area contributed by atoms with Gasteiger partial charge in [-0.15, -0.1) is 0 Å². The Balaban J connectivity index is 1.36. The Kier molecular flexibility index (Phi) is 5.19. The van der Waals surface area contributed by atoms with Gasteiger partial charge in [-0.3, -0.25) is 0 Å². The molecule has 34 heavy (non-hydrogen) atoms. The molecule has 2 aromatic carbocycles. The van der Waals surface area contributed by atoms with E-state index in [1.54, 1.807) is 0 Å². The zero-order valence-electron chi connectivity index (χ0n) is 20.5.